The van der Waals surface area contributed by atoms with Gasteiger partial charge in [-0.15, -0.1) is 0 Å². The van der Waals surface area contributed by atoms with E-state index in [1.807, 2.05) is 0 Å². The molecule has 0 amide bonds. The van der Waals surface area contributed by atoms with Crippen LogP contribution in [0.25, 0.3) is 0 Å². The lowest BCUT2D eigenvalue weighted by Gasteiger charge is -2.17. The number of halogens is 4. The Hall–Kier alpha value is -2.13. The van der Waals surface area contributed by atoms with E-state index < -0.39 is 23.6 Å². The molecule has 108 valence electrons. The van der Waals surface area contributed by atoms with E-state index >= 15 is 0 Å². The van der Waals surface area contributed by atoms with Crippen molar-refractivity contribution in [3.63, 3.8) is 0 Å². The summed E-state index contributed by atoms with van der Waals surface area (Å²) in [7, 11) is 0. The van der Waals surface area contributed by atoms with Crippen LogP contribution in [-0.2, 0) is 6.18 Å². The highest BCUT2D eigenvalue weighted by atomic mass is 19.4. The van der Waals surface area contributed by atoms with Crippen molar-refractivity contribution >= 4 is 5.82 Å². The topological polar surface area (TPSA) is 92.7 Å². The van der Waals surface area contributed by atoms with E-state index in [0.717, 1.165) is 6.07 Å². The van der Waals surface area contributed by atoms with E-state index in [-0.39, 0.29) is 11.4 Å². The molecule has 0 aliphatic heterocycles. The molecule has 20 heavy (non-hydrogen) atoms. The molecule has 0 aliphatic carbocycles. The number of aromatic amines is 1. The van der Waals surface area contributed by atoms with Crippen molar-refractivity contribution in [1.29, 1.82) is 0 Å². The van der Waals surface area contributed by atoms with E-state index in [4.69, 9.17) is 11.6 Å². The third-order valence-electron chi connectivity index (χ3n) is 2.81. The summed E-state index contributed by atoms with van der Waals surface area (Å²) in [5.74, 6) is 4.15. The van der Waals surface area contributed by atoms with Crippen LogP contribution in [0, 0.1) is 5.82 Å². The molecule has 0 radical (unpaired) electrons. The van der Waals surface area contributed by atoms with E-state index in [1.165, 1.54) is 12.3 Å². The second-order valence-electron chi connectivity index (χ2n) is 4.08. The number of nitrogens with two attached hydrogens (primary N) is 2. The Morgan fingerprint density at radius 3 is 2.50 bits per heavy atom. The Balaban J connectivity index is 2.49. The van der Waals surface area contributed by atoms with E-state index in [9.17, 15) is 17.6 Å². The second-order valence-corrected chi connectivity index (χ2v) is 4.08. The summed E-state index contributed by atoms with van der Waals surface area (Å²) in [5.41, 5.74) is 7.05. The van der Waals surface area contributed by atoms with Gasteiger partial charge in [0.1, 0.15) is 11.6 Å². The minimum atomic E-state index is -4.79. The Morgan fingerprint density at radius 1 is 1.30 bits per heavy atom. The lowest BCUT2D eigenvalue weighted by molar-refractivity contribution is -0.140. The first-order valence-corrected chi connectivity index (χ1v) is 5.46. The zero-order valence-corrected chi connectivity index (χ0v) is 10.0. The number of nitrogen functional groups attached to an aromatic ring is 1. The van der Waals surface area contributed by atoms with Gasteiger partial charge in [-0.05, 0) is 17.7 Å². The third kappa shape index (κ3) is 2.58. The lowest BCUT2D eigenvalue weighted by atomic mass is 9.99. The van der Waals surface area contributed by atoms with Crippen molar-refractivity contribution in [2.45, 2.75) is 12.2 Å². The number of alkyl halides is 3. The number of aromatic nitrogens is 2. The predicted molar refractivity (Wildman–Crippen MR) is 63.6 cm³/mol. The smallest absolute Gasteiger partial charge is 0.384 e. The fourth-order valence-corrected chi connectivity index (χ4v) is 1.84. The van der Waals surface area contributed by atoms with Gasteiger partial charge in [-0.25, -0.2) is 9.82 Å². The normalized spacial score (nSPS) is 13.4. The Labute approximate surface area is 110 Å². The van der Waals surface area contributed by atoms with Crippen LogP contribution < -0.4 is 17.0 Å². The van der Waals surface area contributed by atoms with Crippen LogP contribution in [0.1, 0.15) is 22.7 Å². The number of H-pyrrole nitrogens is 1. The molecule has 5 nitrogen and oxygen atoms in total. The zero-order valence-electron chi connectivity index (χ0n) is 10.0. The lowest BCUT2D eigenvalue weighted by Crippen LogP contribution is -2.29. The highest BCUT2D eigenvalue weighted by molar-refractivity contribution is 5.45. The van der Waals surface area contributed by atoms with Gasteiger partial charge in [-0.1, -0.05) is 6.07 Å². The van der Waals surface area contributed by atoms with E-state index in [0.29, 0.717) is 11.6 Å². The maximum atomic E-state index is 13.2. The molecule has 0 aliphatic rings. The quantitative estimate of drug-likeness (QED) is 0.393. The number of nitrogens with one attached hydrogen (secondary N) is 2. The molecule has 0 bridgehead atoms. The summed E-state index contributed by atoms with van der Waals surface area (Å²) >= 11 is 0. The first-order valence-electron chi connectivity index (χ1n) is 5.46. The number of hydrogen-bond acceptors (Lipinski definition) is 4. The molecule has 1 aromatic heterocycles. The molecular formula is C11H11F4N5. The molecule has 0 spiro atoms. The predicted octanol–water partition coefficient (Wildman–Crippen LogP) is 1.70. The zero-order chi connectivity index (χ0) is 14.9. The fraction of sp³-hybridized carbons (Fsp3) is 0.182. The molecule has 0 saturated heterocycles. The fourth-order valence-electron chi connectivity index (χ4n) is 1.84. The van der Waals surface area contributed by atoms with Crippen molar-refractivity contribution in [3.8, 4) is 0 Å². The molecule has 2 rings (SSSR count). The number of nitrogens with zero attached hydrogens (tertiary/aromatic N) is 1. The molecule has 2 aromatic rings. The standard InChI is InChI=1S/C11H11F4N5/c12-8-2-1-5(3-7(8)11(13,14)15)9(19-17)6-4-18-20-10(6)16/h1-4,9,19H,17H2,(H3,16,18,20). The van der Waals surface area contributed by atoms with Gasteiger partial charge in [0.2, 0.25) is 0 Å². The second kappa shape index (κ2) is 5.10. The molecule has 1 heterocycles. The van der Waals surface area contributed by atoms with Crippen molar-refractivity contribution in [3.05, 3.63) is 46.9 Å². The molecule has 6 N–H and O–H groups in total. The molecular weight excluding hydrogens is 278 g/mol. The SMILES string of the molecule is NNC(c1ccc(F)c(C(F)(F)F)c1)c1cn[nH]c1N. The van der Waals surface area contributed by atoms with Gasteiger partial charge < -0.3 is 5.73 Å². The van der Waals surface area contributed by atoms with Crippen LogP contribution in [0.2, 0.25) is 0 Å². The Bertz CT molecular complexity index is 607. The van der Waals surface area contributed by atoms with Crippen molar-refractivity contribution < 1.29 is 17.6 Å². The molecule has 1 unspecified atom stereocenters. The van der Waals surface area contributed by atoms with Gasteiger partial charge in [0, 0.05) is 5.56 Å². The van der Waals surface area contributed by atoms with E-state index in [2.05, 4.69) is 15.6 Å². The summed E-state index contributed by atoms with van der Waals surface area (Å²) in [6.07, 6.45) is -3.46. The molecule has 1 aromatic carbocycles. The van der Waals surface area contributed by atoms with Crippen LogP contribution >= 0.6 is 0 Å². The van der Waals surface area contributed by atoms with Gasteiger partial charge in [0.25, 0.3) is 0 Å². The van der Waals surface area contributed by atoms with Crippen LogP contribution in [0.15, 0.2) is 24.4 Å². The summed E-state index contributed by atoms with van der Waals surface area (Å²) < 4.78 is 51.3. The van der Waals surface area contributed by atoms with Crippen LogP contribution in [0.4, 0.5) is 23.4 Å². The number of anilines is 1. The highest BCUT2D eigenvalue weighted by Crippen LogP contribution is 2.34. The minimum absolute atomic E-state index is 0.120. The summed E-state index contributed by atoms with van der Waals surface area (Å²) in [6, 6.07) is 1.78. The van der Waals surface area contributed by atoms with Crippen molar-refractivity contribution in [2.75, 3.05) is 5.73 Å². The molecule has 0 fully saturated rings. The van der Waals surface area contributed by atoms with Gasteiger partial charge in [0.05, 0.1) is 17.8 Å². The minimum Gasteiger partial charge on any atom is -0.384 e. The first kappa shape index (κ1) is 14.3. The molecule has 0 saturated carbocycles. The monoisotopic (exact) mass is 289 g/mol. The average Bonchev–Trinajstić information content (AvgIpc) is 2.77. The Kier molecular flexibility index (Phi) is 3.64. The van der Waals surface area contributed by atoms with Gasteiger partial charge in [-0.2, -0.15) is 18.3 Å². The van der Waals surface area contributed by atoms with Crippen LogP contribution in [-0.4, -0.2) is 10.2 Å². The number of hydrogen-bond donors (Lipinski definition) is 4. The molecule has 9 heteroatoms. The van der Waals surface area contributed by atoms with Gasteiger partial charge >= 0.3 is 6.18 Å². The van der Waals surface area contributed by atoms with Crippen molar-refractivity contribution in [2.24, 2.45) is 5.84 Å². The third-order valence-corrected chi connectivity index (χ3v) is 2.81. The van der Waals surface area contributed by atoms with Crippen LogP contribution in [0.5, 0.6) is 0 Å². The van der Waals surface area contributed by atoms with Gasteiger partial charge in [0.15, 0.2) is 0 Å². The summed E-state index contributed by atoms with van der Waals surface area (Å²) in [5, 5.41) is 6.11. The molecule has 1 atom stereocenters. The number of benzene rings is 1. The largest absolute Gasteiger partial charge is 0.419 e. The van der Waals surface area contributed by atoms with Crippen molar-refractivity contribution in [1.82, 2.24) is 15.6 Å². The average molecular weight is 289 g/mol. The van der Waals surface area contributed by atoms with Gasteiger partial charge in [-0.3, -0.25) is 10.9 Å². The Morgan fingerprint density at radius 2 is 2.00 bits per heavy atom. The maximum absolute atomic E-state index is 13.2. The first-order chi connectivity index (χ1) is 9.34. The summed E-state index contributed by atoms with van der Waals surface area (Å²) in [4.78, 5) is 0. The summed E-state index contributed by atoms with van der Waals surface area (Å²) in [6.45, 7) is 0. The maximum Gasteiger partial charge on any atom is 0.419 e. The number of rotatable bonds is 3. The highest BCUT2D eigenvalue weighted by Gasteiger charge is 2.35. The number of hydrazine groups is 1. The van der Waals surface area contributed by atoms with Crippen LogP contribution in [0.3, 0.4) is 0 Å². The van der Waals surface area contributed by atoms with E-state index in [1.54, 1.807) is 0 Å².